The molecule has 0 aromatic heterocycles. The first kappa shape index (κ1) is 22.4. The van der Waals surface area contributed by atoms with Crippen LogP contribution in [-0.2, 0) is 19.1 Å². The number of imide groups is 1. The van der Waals surface area contributed by atoms with Gasteiger partial charge in [-0.15, -0.1) is 0 Å². The van der Waals surface area contributed by atoms with E-state index in [1.165, 1.54) is 4.90 Å². The normalized spacial score (nSPS) is 25.7. The Labute approximate surface area is 199 Å². The average Bonchev–Trinajstić information content (AvgIpc) is 3.53. The highest BCUT2D eigenvalue weighted by Crippen LogP contribution is 2.53. The van der Waals surface area contributed by atoms with Gasteiger partial charge < -0.3 is 9.47 Å². The lowest BCUT2D eigenvalue weighted by Gasteiger charge is -2.29. The smallest absolute Gasteiger partial charge is 0.329 e. The number of amides is 2. The molecule has 1 saturated heterocycles. The second-order valence-corrected chi connectivity index (χ2v) is 9.64. The van der Waals surface area contributed by atoms with E-state index in [9.17, 15) is 14.4 Å². The number of carbonyl (C=O) groups is 3. The molecule has 34 heavy (non-hydrogen) atoms. The number of esters is 1. The lowest BCUT2D eigenvalue weighted by molar-refractivity contribution is -0.161. The number of hydrogen-bond acceptors (Lipinski definition) is 5. The largest absolute Gasteiger partial charge is 0.490 e. The van der Waals surface area contributed by atoms with Crippen molar-refractivity contribution in [2.75, 3.05) is 13.2 Å². The van der Waals surface area contributed by atoms with Crippen LogP contribution in [0.5, 0.6) is 5.75 Å². The minimum absolute atomic E-state index is 0.0401. The fourth-order valence-corrected chi connectivity index (χ4v) is 5.64. The van der Waals surface area contributed by atoms with Crippen molar-refractivity contribution in [2.24, 2.45) is 29.6 Å². The van der Waals surface area contributed by atoms with E-state index in [1.807, 2.05) is 80.6 Å². The number of benzene rings is 2. The molecule has 176 valence electrons. The topological polar surface area (TPSA) is 72.9 Å². The molecule has 6 heteroatoms. The zero-order chi connectivity index (χ0) is 23.8. The molecule has 2 bridgehead atoms. The number of hydrogen-bond donors (Lipinski definition) is 0. The van der Waals surface area contributed by atoms with Gasteiger partial charge in [0.05, 0.1) is 11.8 Å². The highest BCUT2D eigenvalue weighted by atomic mass is 16.6. The molecule has 2 aromatic carbocycles. The summed E-state index contributed by atoms with van der Waals surface area (Å²) >= 11 is 0. The number of ether oxygens (including phenoxy) is 2. The lowest BCUT2D eigenvalue weighted by atomic mass is 9.85. The molecule has 2 amide bonds. The molecule has 1 saturated carbocycles. The summed E-state index contributed by atoms with van der Waals surface area (Å²) in [6, 6.07) is 16.9. The first-order valence-electron chi connectivity index (χ1n) is 12.0. The van der Waals surface area contributed by atoms with Crippen molar-refractivity contribution in [1.82, 2.24) is 4.90 Å². The monoisotopic (exact) mass is 459 g/mol. The van der Waals surface area contributed by atoms with E-state index in [2.05, 4.69) is 0 Å². The molecular formula is C28H29NO5. The summed E-state index contributed by atoms with van der Waals surface area (Å²) < 4.78 is 11.2. The van der Waals surface area contributed by atoms with Crippen LogP contribution in [0, 0.1) is 29.6 Å². The first-order valence-corrected chi connectivity index (χ1v) is 12.0. The number of rotatable bonds is 8. The van der Waals surface area contributed by atoms with Crippen LogP contribution in [0.25, 0.3) is 11.1 Å². The molecule has 0 radical (unpaired) electrons. The maximum atomic E-state index is 13.1. The molecule has 2 aliphatic carbocycles. The molecule has 6 nitrogen and oxygen atoms in total. The molecule has 5 atom stereocenters. The van der Waals surface area contributed by atoms with E-state index in [4.69, 9.17) is 9.47 Å². The van der Waals surface area contributed by atoms with Crippen molar-refractivity contribution >= 4 is 17.8 Å². The predicted molar refractivity (Wildman–Crippen MR) is 127 cm³/mol. The Morgan fingerprint density at radius 3 is 2.06 bits per heavy atom. The van der Waals surface area contributed by atoms with E-state index in [0.717, 1.165) is 17.5 Å². The van der Waals surface area contributed by atoms with Crippen LogP contribution in [0.4, 0.5) is 0 Å². The molecule has 3 aliphatic rings. The van der Waals surface area contributed by atoms with Crippen molar-refractivity contribution in [3.05, 3.63) is 66.7 Å². The fourth-order valence-electron chi connectivity index (χ4n) is 5.64. The Bertz CT molecular complexity index is 1080. The summed E-state index contributed by atoms with van der Waals surface area (Å²) in [5.74, 6) is -0.982. The fraction of sp³-hybridized carbons (Fsp3) is 0.393. The summed E-state index contributed by atoms with van der Waals surface area (Å²) in [7, 11) is 0. The number of fused-ring (bicyclic) bond motifs is 5. The van der Waals surface area contributed by atoms with Crippen molar-refractivity contribution in [1.29, 1.82) is 0 Å². The van der Waals surface area contributed by atoms with E-state index in [0.29, 0.717) is 5.75 Å². The molecule has 5 rings (SSSR count). The molecular weight excluding hydrogens is 430 g/mol. The predicted octanol–water partition coefficient (Wildman–Crippen LogP) is 4.11. The van der Waals surface area contributed by atoms with Gasteiger partial charge in [-0.1, -0.05) is 68.5 Å². The second kappa shape index (κ2) is 9.09. The van der Waals surface area contributed by atoms with Crippen LogP contribution in [0.1, 0.15) is 20.3 Å². The van der Waals surface area contributed by atoms with E-state index in [1.54, 1.807) is 0 Å². The summed E-state index contributed by atoms with van der Waals surface area (Å²) in [5, 5.41) is 0. The Hall–Kier alpha value is -3.41. The highest BCUT2D eigenvalue weighted by molar-refractivity contribution is 6.09. The number of nitrogens with zero attached hydrogens (tertiary/aromatic N) is 1. The van der Waals surface area contributed by atoms with Crippen molar-refractivity contribution in [3.8, 4) is 16.9 Å². The minimum Gasteiger partial charge on any atom is -0.490 e. The maximum Gasteiger partial charge on any atom is 0.329 e. The summed E-state index contributed by atoms with van der Waals surface area (Å²) in [4.78, 5) is 40.4. The third kappa shape index (κ3) is 3.91. The van der Waals surface area contributed by atoms with Gasteiger partial charge in [0.15, 0.2) is 0 Å². The summed E-state index contributed by atoms with van der Waals surface area (Å²) in [6.45, 7) is 3.89. The lowest BCUT2D eigenvalue weighted by Crippen LogP contribution is -2.50. The van der Waals surface area contributed by atoms with Gasteiger partial charge >= 0.3 is 5.97 Å². The number of likely N-dealkylation sites (tertiary alicyclic amines) is 1. The molecule has 2 fully saturated rings. The van der Waals surface area contributed by atoms with Crippen LogP contribution in [-0.4, -0.2) is 41.9 Å². The van der Waals surface area contributed by atoms with Crippen molar-refractivity contribution in [3.63, 3.8) is 0 Å². The molecule has 1 aliphatic heterocycles. The van der Waals surface area contributed by atoms with Gasteiger partial charge in [0, 0.05) is 0 Å². The van der Waals surface area contributed by atoms with E-state index < -0.39 is 12.0 Å². The molecule has 0 unspecified atom stereocenters. The van der Waals surface area contributed by atoms with Gasteiger partial charge in [0.2, 0.25) is 11.8 Å². The van der Waals surface area contributed by atoms with E-state index in [-0.39, 0.29) is 54.6 Å². The third-order valence-corrected chi connectivity index (χ3v) is 7.21. The summed E-state index contributed by atoms with van der Waals surface area (Å²) in [5.41, 5.74) is 2.22. The molecule has 1 heterocycles. The zero-order valence-corrected chi connectivity index (χ0v) is 19.4. The Morgan fingerprint density at radius 2 is 1.47 bits per heavy atom. The molecule has 2 aromatic rings. The van der Waals surface area contributed by atoms with Crippen LogP contribution in [0.3, 0.4) is 0 Å². The zero-order valence-electron chi connectivity index (χ0n) is 19.4. The number of carbonyl (C=O) groups excluding carboxylic acids is 3. The van der Waals surface area contributed by atoms with Gasteiger partial charge in [0.25, 0.3) is 0 Å². The van der Waals surface area contributed by atoms with Crippen LogP contribution >= 0.6 is 0 Å². The standard InChI is InChI=1S/C28H29NO5/c1-17(2)25(29-26(30)23-20-8-9-21(16-20)24(23)27(29)31)28(32)34-15-14-33-22-12-10-19(11-13-22)18-6-4-3-5-7-18/h3-13,17,20-21,23-25H,14-16H2,1-2H3/t20-,21+,23+,24-,25-/m0/s1. The SMILES string of the molecule is CC(C)[C@@H](C(=O)OCCOc1ccc(-c2ccccc2)cc1)N1C(=O)[C@@H]2[C@H](C1=O)[C@H]1C=C[C@@H]2C1. The number of allylic oxidation sites excluding steroid dienone is 2. The van der Waals surface area contributed by atoms with Crippen molar-refractivity contribution in [2.45, 2.75) is 26.3 Å². The maximum absolute atomic E-state index is 13.1. The quantitative estimate of drug-likeness (QED) is 0.257. The van der Waals surface area contributed by atoms with Gasteiger partial charge in [-0.05, 0) is 47.4 Å². The van der Waals surface area contributed by atoms with E-state index >= 15 is 0 Å². The van der Waals surface area contributed by atoms with Gasteiger partial charge in [-0.2, -0.15) is 0 Å². The van der Waals surface area contributed by atoms with Crippen LogP contribution in [0.2, 0.25) is 0 Å². The van der Waals surface area contributed by atoms with Crippen LogP contribution < -0.4 is 4.74 Å². The second-order valence-electron chi connectivity index (χ2n) is 9.64. The van der Waals surface area contributed by atoms with Gasteiger partial charge in [-0.25, -0.2) is 4.79 Å². The Balaban J connectivity index is 1.16. The molecule has 0 spiro atoms. The van der Waals surface area contributed by atoms with Gasteiger partial charge in [0.1, 0.15) is 25.0 Å². The van der Waals surface area contributed by atoms with Crippen molar-refractivity contribution < 1.29 is 23.9 Å². The Kier molecular flexibility index (Phi) is 5.98. The minimum atomic E-state index is -0.907. The van der Waals surface area contributed by atoms with Crippen LogP contribution in [0.15, 0.2) is 66.7 Å². The first-order chi connectivity index (χ1) is 16.5. The third-order valence-electron chi connectivity index (χ3n) is 7.21. The Morgan fingerprint density at radius 1 is 0.882 bits per heavy atom. The van der Waals surface area contributed by atoms with Gasteiger partial charge in [-0.3, -0.25) is 14.5 Å². The molecule has 0 N–H and O–H groups in total. The highest BCUT2D eigenvalue weighted by Gasteiger charge is 2.61. The average molecular weight is 460 g/mol. The summed E-state index contributed by atoms with van der Waals surface area (Å²) in [6.07, 6.45) is 4.96.